The fourth-order valence-electron chi connectivity index (χ4n) is 2.68. The molecule has 0 bridgehead atoms. The fourth-order valence-corrected chi connectivity index (χ4v) is 2.68. The van der Waals surface area contributed by atoms with Crippen LogP contribution in [-0.2, 0) is 0 Å². The van der Waals surface area contributed by atoms with Gasteiger partial charge in [-0.15, -0.1) is 0 Å². The molecule has 0 heterocycles. The number of rotatable bonds is 5. The highest BCUT2D eigenvalue weighted by Gasteiger charge is 2.28. The average Bonchev–Trinajstić information content (AvgIpc) is 2.36. The van der Waals surface area contributed by atoms with Crippen LogP contribution in [0.3, 0.4) is 0 Å². The lowest BCUT2D eigenvalue weighted by Crippen LogP contribution is -2.31. The number of aliphatic hydroxyl groups excluding tert-OH is 3. The molecule has 0 spiro atoms. The van der Waals surface area contributed by atoms with Gasteiger partial charge in [0.15, 0.2) is 0 Å². The molecule has 1 aliphatic carbocycles. The van der Waals surface area contributed by atoms with E-state index in [1.54, 1.807) is 0 Å². The van der Waals surface area contributed by atoms with Crippen molar-refractivity contribution in [2.75, 3.05) is 6.61 Å². The van der Waals surface area contributed by atoms with Crippen LogP contribution in [0.4, 0.5) is 0 Å². The molecule has 1 rings (SSSR count). The Bertz CT molecular complexity index is 206. The van der Waals surface area contributed by atoms with E-state index in [2.05, 4.69) is 27.7 Å². The maximum atomic E-state index is 9.71. The van der Waals surface area contributed by atoms with Crippen molar-refractivity contribution >= 4 is 0 Å². The minimum Gasteiger partial charge on any atom is -0.394 e. The zero-order valence-electron chi connectivity index (χ0n) is 13.2. The lowest BCUT2D eigenvalue weighted by atomic mass is 9.75. The van der Waals surface area contributed by atoms with Crippen LogP contribution in [-0.4, -0.2) is 34.1 Å². The third kappa shape index (κ3) is 8.61. The average molecular weight is 274 g/mol. The monoisotopic (exact) mass is 274 g/mol. The highest BCUT2D eigenvalue weighted by molar-refractivity contribution is 4.79. The highest BCUT2D eigenvalue weighted by Crippen LogP contribution is 2.33. The summed E-state index contributed by atoms with van der Waals surface area (Å²) in [6.45, 7) is 8.62. The van der Waals surface area contributed by atoms with Crippen LogP contribution >= 0.6 is 0 Å². The van der Waals surface area contributed by atoms with Crippen molar-refractivity contribution in [2.45, 2.75) is 78.4 Å². The Morgan fingerprint density at radius 2 is 1.84 bits per heavy atom. The van der Waals surface area contributed by atoms with Gasteiger partial charge in [0.25, 0.3) is 0 Å². The first-order valence-corrected chi connectivity index (χ1v) is 7.89. The minimum atomic E-state index is -0.491. The Kier molecular flexibility index (Phi) is 10.6. The summed E-state index contributed by atoms with van der Waals surface area (Å²) < 4.78 is 0. The van der Waals surface area contributed by atoms with Crippen LogP contribution in [0.1, 0.15) is 66.2 Å². The molecule has 19 heavy (non-hydrogen) atoms. The van der Waals surface area contributed by atoms with E-state index >= 15 is 0 Å². The Balaban J connectivity index is 0.000000362. The van der Waals surface area contributed by atoms with Gasteiger partial charge in [0.2, 0.25) is 0 Å². The fraction of sp³-hybridized carbons (Fsp3) is 1.00. The third-order valence-corrected chi connectivity index (χ3v) is 4.09. The van der Waals surface area contributed by atoms with Gasteiger partial charge >= 0.3 is 0 Å². The summed E-state index contributed by atoms with van der Waals surface area (Å²) in [6, 6.07) is 0. The second kappa shape index (κ2) is 10.6. The van der Waals surface area contributed by atoms with Crippen LogP contribution in [0, 0.1) is 17.8 Å². The first-order valence-electron chi connectivity index (χ1n) is 7.89. The second-order valence-electron chi connectivity index (χ2n) is 6.37. The number of aliphatic hydroxyl groups is 3. The van der Waals surface area contributed by atoms with E-state index < -0.39 is 6.10 Å². The molecule has 0 saturated heterocycles. The van der Waals surface area contributed by atoms with Crippen LogP contribution in [0.5, 0.6) is 0 Å². The molecule has 116 valence electrons. The molecule has 0 aromatic rings. The summed E-state index contributed by atoms with van der Waals surface area (Å²) in [5.41, 5.74) is 0. The van der Waals surface area contributed by atoms with Crippen molar-refractivity contribution < 1.29 is 15.3 Å². The van der Waals surface area contributed by atoms with E-state index in [4.69, 9.17) is 10.2 Å². The zero-order chi connectivity index (χ0) is 14.8. The van der Waals surface area contributed by atoms with Crippen molar-refractivity contribution in [3.05, 3.63) is 0 Å². The van der Waals surface area contributed by atoms with Gasteiger partial charge in [0.05, 0.1) is 18.8 Å². The predicted molar refractivity (Wildman–Crippen MR) is 80.0 cm³/mol. The predicted octanol–water partition coefficient (Wildman–Crippen LogP) is 2.97. The molecule has 1 saturated carbocycles. The van der Waals surface area contributed by atoms with Crippen molar-refractivity contribution in [3.8, 4) is 0 Å². The first-order chi connectivity index (χ1) is 8.92. The summed E-state index contributed by atoms with van der Waals surface area (Å²) in [6.07, 6.45) is 5.84. The molecule has 4 unspecified atom stereocenters. The van der Waals surface area contributed by atoms with Gasteiger partial charge in [-0.3, -0.25) is 0 Å². The number of hydrogen-bond acceptors (Lipinski definition) is 3. The van der Waals surface area contributed by atoms with E-state index in [1.165, 1.54) is 12.8 Å². The van der Waals surface area contributed by atoms with Gasteiger partial charge < -0.3 is 15.3 Å². The summed E-state index contributed by atoms with van der Waals surface area (Å²) in [7, 11) is 0. The van der Waals surface area contributed by atoms with Gasteiger partial charge in [0, 0.05) is 0 Å². The molecule has 1 aliphatic rings. The number of unbranched alkanes of at least 4 members (excludes halogenated alkanes) is 1. The smallest absolute Gasteiger partial charge is 0.0770 e. The van der Waals surface area contributed by atoms with Gasteiger partial charge in [-0.05, 0) is 37.0 Å². The molecule has 0 aromatic heterocycles. The topological polar surface area (TPSA) is 60.7 Å². The normalized spacial score (nSPS) is 28.7. The Labute approximate surface area is 119 Å². The van der Waals surface area contributed by atoms with E-state index in [9.17, 15) is 5.11 Å². The molecule has 1 fully saturated rings. The molecule has 3 nitrogen and oxygen atoms in total. The van der Waals surface area contributed by atoms with Crippen molar-refractivity contribution in [2.24, 2.45) is 17.8 Å². The van der Waals surface area contributed by atoms with E-state index in [-0.39, 0.29) is 12.7 Å². The quantitative estimate of drug-likeness (QED) is 0.722. The lowest BCUT2D eigenvalue weighted by molar-refractivity contribution is 0.0266. The minimum absolute atomic E-state index is 0.0289. The maximum Gasteiger partial charge on any atom is 0.0770 e. The van der Waals surface area contributed by atoms with Crippen molar-refractivity contribution in [1.82, 2.24) is 0 Å². The van der Waals surface area contributed by atoms with Gasteiger partial charge in [-0.1, -0.05) is 47.0 Å². The van der Waals surface area contributed by atoms with Gasteiger partial charge in [-0.25, -0.2) is 0 Å². The largest absolute Gasteiger partial charge is 0.394 e. The Morgan fingerprint density at radius 1 is 1.21 bits per heavy atom. The van der Waals surface area contributed by atoms with Crippen molar-refractivity contribution in [1.29, 1.82) is 0 Å². The summed E-state index contributed by atoms with van der Waals surface area (Å²) in [5, 5.41) is 26.8. The third-order valence-electron chi connectivity index (χ3n) is 4.09. The lowest BCUT2D eigenvalue weighted by Gasteiger charge is -2.33. The van der Waals surface area contributed by atoms with E-state index in [1.807, 2.05) is 0 Å². The second-order valence-corrected chi connectivity index (χ2v) is 6.37. The molecule has 0 aliphatic heterocycles. The molecule has 4 atom stereocenters. The van der Waals surface area contributed by atoms with Crippen LogP contribution in [0.25, 0.3) is 0 Å². The van der Waals surface area contributed by atoms with Gasteiger partial charge in [-0.2, -0.15) is 0 Å². The molecule has 3 N–H and O–H groups in total. The highest BCUT2D eigenvalue weighted by atomic mass is 16.3. The maximum absolute atomic E-state index is 9.71. The molecule has 0 radical (unpaired) electrons. The molecule has 0 aromatic carbocycles. The summed E-state index contributed by atoms with van der Waals surface area (Å²) in [4.78, 5) is 0. The summed E-state index contributed by atoms with van der Waals surface area (Å²) in [5.74, 6) is 1.95. The zero-order valence-corrected chi connectivity index (χ0v) is 13.2. The van der Waals surface area contributed by atoms with Crippen LogP contribution in [0.15, 0.2) is 0 Å². The van der Waals surface area contributed by atoms with E-state index in [0.717, 1.165) is 31.6 Å². The Hall–Kier alpha value is -0.120. The van der Waals surface area contributed by atoms with Gasteiger partial charge in [0.1, 0.15) is 0 Å². The number of hydrogen-bond donors (Lipinski definition) is 3. The molecule has 0 amide bonds. The molecule has 3 heteroatoms. The molecular weight excluding hydrogens is 240 g/mol. The standard InChI is InChI=1S/C10H20O.C6H14O2/c1-7(2)9-5-4-8(3)6-10(9)11;1-2-3-4-6(8)5-7/h7-11H,4-6H2,1-3H3;6-8H,2-5H2,1H3. The summed E-state index contributed by atoms with van der Waals surface area (Å²) >= 11 is 0. The SMILES string of the molecule is CC1CCC(C(C)C)C(O)C1.CCCCC(O)CO. The molecular formula is C16H34O3. The van der Waals surface area contributed by atoms with Crippen LogP contribution < -0.4 is 0 Å². The van der Waals surface area contributed by atoms with Crippen LogP contribution in [0.2, 0.25) is 0 Å². The van der Waals surface area contributed by atoms with Crippen molar-refractivity contribution in [3.63, 3.8) is 0 Å². The van der Waals surface area contributed by atoms with E-state index in [0.29, 0.717) is 11.8 Å². The Morgan fingerprint density at radius 3 is 2.26 bits per heavy atom. The first kappa shape index (κ1) is 18.9.